The number of aromatic nitrogens is 2. The fraction of sp³-hybridized carbons (Fsp3) is 0.667. The Bertz CT molecular complexity index is 337. The monoisotopic (exact) mass is 202 g/mol. The maximum Gasteiger partial charge on any atom is 0.251 e. The van der Waals surface area contributed by atoms with Crippen molar-refractivity contribution < 1.29 is 13.9 Å². The SMILES string of the molecule is Cn1nccc1C1CC(F)(F)CC1O. The Morgan fingerprint density at radius 1 is 1.57 bits per heavy atom. The molecule has 1 saturated carbocycles. The molecule has 78 valence electrons. The maximum atomic E-state index is 13.0. The molecular weight excluding hydrogens is 190 g/mol. The molecule has 0 spiro atoms. The van der Waals surface area contributed by atoms with Gasteiger partial charge >= 0.3 is 0 Å². The summed E-state index contributed by atoms with van der Waals surface area (Å²) in [6.07, 6.45) is -0.130. The number of rotatable bonds is 1. The Kier molecular flexibility index (Phi) is 2.06. The largest absolute Gasteiger partial charge is 0.392 e. The number of alkyl halides is 2. The van der Waals surface area contributed by atoms with E-state index < -0.39 is 24.4 Å². The molecule has 1 heterocycles. The first-order chi connectivity index (χ1) is 6.49. The van der Waals surface area contributed by atoms with Crippen LogP contribution in [-0.2, 0) is 7.05 Å². The summed E-state index contributed by atoms with van der Waals surface area (Å²) in [4.78, 5) is 0. The van der Waals surface area contributed by atoms with Crippen LogP contribution in [0.5, 0.6) is 0 Å². The van der Waals surface area contributed by atoms with E-state index in [1.54, 1.807) is 19.3 Å². The highest BCUT2D eigenvalue weighted by Gasteiger charge is 2.47. The van der Waals surface area contributed by atoms with E-state index in [1.165, 1.54) is 4.68 Å². The van der Waals surface area contributed by atoms with Crippen LogP contribution >= 0.6 is 0 Å². The normalized spacial score (nSPS) is 30.9. The Hall–Kier alpha value is -0.970. The van der Waals surface area contributed by atoms with Gasteiger partial charge in [0, 0.05) is 37.7 Å². The van der Waals surface area contributed by atoms with Crippen LogP contribution in [0.15, 0.2) is 12.3 Å². The number of aliphatic hydroxyl groups excluding tert-OH is 1. The van der Waals surface area contributed by atoms with Crippen molar-refractivity contribution in [2.45, 2.75) is 30.8 Å². The van der Waals surface area contributed by atoms with Gasteiger partial charge in [0.2, 0.25) is 0 Å². The molecule has 1 N–H and O–H groups in total. The molecule has 1 aromatic heterocycles. The first-order valence-corrected chi connectivity index (χ1v) is 4.53. The van der Waals surface area contributed by atoms with Gasteiger partial charge in [-0.05, 0) is 6.07 Å². The van der Waals surface area contributed by atoms with Crippen molar-refractivity contribution in [2.75, 3.05) is 0 Å². The van der Waals surface area contributed by atoms with Gasteiger partial charge in [0.25, 0.3) is 5.92 Å². The summed E-state index contributed by atoms with van der Waals surface area (Å²) in [7, 11) is 1.69. The molecule has 0 radical (unpaired) electrons. The van der Waals surface area contributed by atoms with Crippen LogP contribution in [-0.4, -0.2) is 26.9 Å². The fourth-order valence-corrected chi connectivity index (χ4v) is 2.04. The molecule has 1 aliphatic rings. The van der Waals surface area contributed by atoms with Crippen molar-refractivity contribution in [3.05, 3.63) is 18.0 Å². The summed E-state index contributed by atoms with van der Waals surface area (Å²) >= 11 is 0. The quantitative estimate of drug-likeness (QED) is 0.745. The molecule has 1 fully saturated rings. The molecule has 2 unspecified atom stereocenters. The Balaban J connectivity index is 2.25. The minimum absolute atomic E-state index is 0.284. The van der Waals surface area contributed by atoms with Crippen molar-refractivity contribution in [1.29, 1.82) is 0 Å². The highest BCUT2D eigenvalue weighted by molar-refractivity contribution is 5.14. The molecule has 2 rings (SSSR count). The van der Waals surface area contributed by atoms with E-state index in [9.17, 15) is 13.9 Å². The van der Waals surface area contributed by atoms with Gasteiger partial charge in [0.15, 0.2) is 0 Å². The average molecular weight is 202 g/mol. The Morgan fingerprint density at radius 2 is 2.29 bits per heavy atom. The van der Waals surface area contributed by atoms with E-state index in [0.29, 0.717) is 5.69 Å². The van der Waals surface area contributed by atoms with Crippen molar-refractivity contribution in [3.63, 3.8) is 0 Å². The van der Waals surface area contributed by atoms with E-state index in [4.69, 9.17) is 0 Å². The topological polar surface area (TPSA) is 38.0 Å². The average Bonchev–Trinajstić information content (AvgIpc) is 2.55. The van der Waals surface area contributed by atoms with Gasteiger partial charge in [0.05, 0.1) is 6.10 Å². The zero-order valence-corrected chi connectivity index (χ0v) is 7.82. The third kappa shape index (κ3) is 1.52. The Morgan fingerprint density at radius 3 is 2.71 bits per heavy atom. The second-order valence-electron chi connectivity index (χ2n) is 3.82. The van der Waals surface area contributed by atoms with Gasteiger partial charge in [-0.3, -0.25) is 4.68 Å². The molecule has 0 aliphatic heterocycles. The summed E-state index contributed by atoms with van der Waals surface area (Å²) in [5.41, 5.74) is 0.676. The van der Waals surface area contributed by atoms with Crippen molar-refractivity contribution >= 4 is 0 Å². The van der Waals surface area contributed by atoms with Gasteiger partial charge in [-0.1, -0.05) is 0 Å². The number of aryl methyl sites for hydroxylation is 1. The number of nitrogens with zero attached hydrogens (tertiary/aromatic N) is 2. The van der Waals surface area contributed by atoms with Crippen LogP contribution in [0, 0.1) is 0 Å². The zero-order chi connectivity index (χ0) is 10.3. The van der Waals surface area contributed by atoms with Crippen molar-refractivity contribution in [3.8, 4) is 0 Å². The maximum absolute atomic E-state index is 13.0. The van der Waals surface area contributed by atoms with E-state index in [0.717, 1.165) is 0 Å². The van der Waals surface area contributed by atoms with Crippen LogP contribution < -0.4 is 0 Å². The lowest BCUT2D eigenvalue weighted by atomic mass is 10.0. The van der Waals surface area contributed by atoms with Gasteiger partial charge in [-0.2, -0.15) is 5.10 Å². The van der Waals surface area contributed by atoms with Gasteiger partial charge in [-0.25, -0.2) is 8.78 Å². The first-order valence-electron chi connectivity index (χ1n) is 4.53. The molecule has 5 heteroatoms. The van der Waals surface area contributed by atoms with Crippen LogP contribution in [0.25, 0.3) is 0 Å². The molecule has 1 aromatic rings. The molecule has 0 amide bonds. The van der Waals surface area contributed by atoms with Gasteiger partial charge in [0.1, 0.15) is 0 Å². The standard InChI is InChI=1S/C9H12F2N2O/c1-13-7(2-3-12-13)6-4-9(10,11)5-8(6)14/h2-3,6,8,14H,4-5H2,1H3. The molecule has 1 aliphatic carbocycles. The number of halogens is 2. The van der Waals surface area contributed by atoms with E-state index in [2.05, 4.69) is 5.10 Å². The summed E-state index contributed by atoms with van der Waals surface area (Å²) < 4.78 is 27.5. The molecule has 0 aromatic carbocycles. The predicted octanol–water partition coefficient (Wildman–Crippen LogP) is 1.29. The van der Waals surface area contributed by atoms with Crippen LogP contribution in [0.2, 0.25) is 0 Å². The lowest BCUT2D eigenvalue weighted by molar-refractivity contribution is -0.00360. The second-order valence-corrected chi connectivity index (χ2v) is 3.82. The smallest absolute Gasteiger partial charge is 0.251 e. The highest BCUT2D eigenvalue weighted by Crippen LogP contribution is 2.44. The molecule has 2 atom stereocenters. The number of hydrogen-bond acceptors (Lipinski definition) is 2. The minimum atomic E-state index is -2.74. The molecular formula is C9H12F2N2O. The van der Waals surface area contributed by atoms with Crippen molar-refractivity contribution in [1.82, 2.24) is 9.78 Å². The Labute approximate surface area is 80.3 Å². The molecule has 0 saturated heterocycles. The summed E-state index contributed by atoms with van der Waals surface area (Å²) in [6.45, 7) is 0. The molecule has 0 bridgehead atoms. The number of aliphatic hydroxyl groups is 1. The molecule has 3 nitrogen and oxygen atoms in total. The number of hydrogen-bond donors (Lipinski definition) is 1. The fourth-order valence-electron chi connectivity index (χ4n) is 2.04. The second kappa shape index (κ2) is 3.02. The molecule has 14 heavy (non-hydrogen) atoms. The highest BCUT2D eigenvalue weighted by atomic mass is 19.3. The van der Waals surface area contributed by atoms with Crippen LogP contribution in [0.3, 0.4) is 0 Å². The lowest BCUT2D eigenvalue weighted by Gasteiger charge is -2.13. The van der Waals surface area contributed by atoms with E-state index in [-0.39, 0.29) is 6.42 Å². The summed E-state index contributed by atoms with van der Waals surface area (Å²) in [5, 5.41) is 13.4. The van der Waals surface area contributed by atoms with E-state index >= 15 is 0 Å². The lowest BCUT2D eigenvalue weighted by Crippen LogP contribution is -2.14. The summed E-state index contributed by atoms with van der Waals surface area (Å²) in [6, 6.07) is 1.68. The predicted molar refractivity (Wildman–Crippen MR) is 46.1 cm³/mol. The zero-order valence-electron chi connectivity index (χ0n) is 7.82. The van der Waals surface area contributed by atoms with Crippen molar-refractivity contribution in [2.24, 2.45) is 7.05 Å². The van der Waals surface area contributed by atoms with Gasteiger partial charge in [-0.15, -0.1) is 0 Å². The first kappa shape index (κ1) is 9.58. The third-order valence-electron chi connectivity index (χ3n) is 2.73. The van der Waals surface area contributed by atoms with Crippen LogP contribution in [0.4, 0.5) is 8.78 Å². The third-order valence-corrected chi connectivity index (χ3v) is 2.73. The summed E-state index contributed by atoms with van der Waals surface area (Å²) in [5.74, 6) is -3.23. The van der Waals surface area contributed by atoms with E-state index in [1.807, 2.05) is 0 Å². The minimum Gasteiger partial charge on any atom is -0.392 e. The van der Waals surface area contributed by atoms with Crippen LogP contribution in [0.1, 0.15) is 24.5 Å². The van der Waals surface area contributed by atoms with Gasteiger partial charge < -0.3 is 5.11 Å².